The number of rotatable bonds is 7. The molecule has 1 atom stereocenters. The minimum absolute atomic E-state index is 0.323. The molecule has 114 valence electrons. The molecule has 0 spiro atoms. The molecule has 0 fully saturated rings. The summed E-state index contributed by atoms with van der Waals surface area (Å²) in [6, 6.07) is 9.41. The zero-order chi connectivity index (χ0) is 15.2. The summed E-state index contributed by atoms with van der Waals surface area (Å²) in [7, 11) is 0. The van der Waals surface area contributed by atoms with E-state index in [1.807, 2.05) is 0 Å². The first-order chi connectivity index (χ1) is 10.1. The van der Waals surface area contributed by atoms with Crippen LogP contribution in [0.5, 0.6) is 0 Å². The molecule has 0 saturated carbocycles. The third kappa shape index (κ3) is 4.42. The van der Waals surface area contributed by atoms with Crippen molar-refractivity contribution in [1.82, 2.24) is 5.32 Å². The first-order valence-corrected chi connectivity index (χ1v) is 8.91. The van der Waals surface area contributed by atoms with Crippen LogP contribution < -0.4 is 5.32 Å². The van der Waals surface area contributed by atoms with Gasteiger partial charge in [-0.1, -0.05) is 45.0 Å². The molecule has 1 nitrogen and oxygen atoms in total. The smallest absolute Gasteiger partial charge is 0.0587 e. The highest BCUT2D eigenvalue weighted by molar-refractivity contribution is 7.08. The average molecular weight is 301 g/mol. The van der Waals surface area contributed by atoms with Gasteiger partial charge >= 0.3 is 0 Å². The normalized spacial score (nSPS) is 12.8. The second-order valence-electron chi connectivity index (χ2n) is 6.24. The molecule has 1 heterocycles. The van der Waals surface area contributed by atoms with Gasteiger partial charge < -0.3 is 5.32 Å². The largest absolute Gasteiger partial charge is 0.306 e. The molecule has 0 saturated heterocycles. The Hall–Kier alpha value is -1.12. The molecule has 2 rings (SSSR count). The summed E-state index contributed by atoms with van der Waals surface area (Å²) in [5.41, 5.74) is 5.65. The van der Waals surface area contributed by atoms with E-state index in [2.05, 4.69) is 68.0 Å². The molecule has 2 heteroatoms. The lowest BCUT2D eigenvalue weighted by atomic mass is 9.94. The van der Waals surface area contributed by atoms with Gasteiger partial charge in [-0.25, -0.2) is 0 Å². The van der Waals surface area contributed by atoms with Gasteiger partial charge in [-0.2, -0.15) is 11.3 Å². The van der Waals surface area contributed by atoms with Crippen molar-refractivity contribution in [3.8, 4) is 0 Å². The maximum Gasteiger partial charge on any atom is 0.0587 e. The van der Waals surface area contributed by atoms with Gasteiger partial charge in [0, 0.05) is 0 Å². The van der Waals surface area contributed by atoms with Crippen LogP contribution in [0.15, 0.2) is 35.0 Å². The predicted octanol–water partition coefficient (Wildman–Crippen LogP) is 5.34. The SMILES string of the molecule is CCCNC(c1cccc(CC(C)C)c1)c1cscc1C. The van der Waals surface area contributed by atoms with Crippen molar-refractivity contribution in [3.63, 3.8) is 0 Å². The lowest BCUT2D eigenvalue weighted by molar-refractivity contribution is 0.595. The summed E-state index contributed by atoms with van der Waals surface area (Å²) in [4.78, 5) is 0. The van der Waals surface area contributed by atoms with Gasteiger partial charge in [0.2, 0.25) is 0 Å². The molecule has 21 heavy (non-hydrogen) atoms. The monoisotopic (exact) mass is 301 g/mol. The number of aryl methyl sites for hydroxylation is 1. The Balaban J connectivity index is 2.30. The van der Waals surface area contributed by atoms with Crippen molar-refractivity contribution in [3.05, 3.63) is 57.3 Å². The summed E-state index contributed by atoms with van der Waals surface area (Å²) in [5, 5.41) is 8.25. The third-order valence-corrected chi connectivity index (χ3v) is 4.61. The van der Waals surface area contributed by atoms with Crippen LogP contribution in [-0.4, -0.2) is 6.54 Å². The third-order valence-electron chi connectivity index (χ3n) is 3.73. The molecule has 1 aromatic carbocycles. The molecule has 0 aliphatic heterocycles. The summed E-state index contributed by atoms with van der Waals surface area (Å²) >= 11 is 1.80. The molecule has 1 unspecified atom stereocenters. The highest BCUT2D eigenvalue weighted by Crippen LogP contribution is 2.28. The second kappa shape index (κ2) is 7.77. The van der Waals surface area contributed by atoms with Crippen molar-refractivity contribution >= 4 is 11.3 Å². The maximum atomic E-state index is 3.72. The van der Waals surface area contributed by atoms with Gasteiger partial charge in [0.15, 0.2) is 0 Å². The molecule has 0 amide bonds. The van der Waals surface area contributed by atoms with Gasteiger partial charge in [0.25, 0.3) is 0 Å². The number of thiophene rings is 1. The molecule has 1 aromatic heterocycles. The van der Waals surface area contributed by atoms with Crippen LogP contribution in [0.4, 0.5) is 0 Å². The number of nitrogens with one attached hydrogen (secondary N) is 1. The van der Waals surface area contributed by atoms with Gasteiger partial charge in [0.05, 0.1) is 6.04 Å². The molecule has 1 N–H and O–H groups in total. The van der Waals surface area contributed by atoms with Crippen LogP contribution in [0.1, 0.15) is 55.5 Å². The van der Waals surface area contributed by atoms with Gasteiger partial charge in [-0.3, -0.25) is 0 Å². The molecule has 0 bridgehead atoms. The number of benzene rings is 1. The van der Waals surface area contributed by atoms with E-state index in [1.54, 1.807) is 11.3 Å². The molecule has 0 aliphatic carbocycles. The van der Waals surface area contributed by atoms with Crippen molar-refractivity contribution in [2.45, 2.75) is 46.6 Å². The number of hydrogen-bond donors (Lipinski definition) is 1. The first kappa shape index (κ1) is 16.3. The minimum Gasteiger partial charge on any atom is -0.306 e. The van der Waals surface area contributed by atoms with Crippen LogP contribution >= 0.6 is 11.3 Å². The topological polar surface area (TPSA) is 12.0 Å². The summed E-state index contributed by atoms with van der Waals surface area (Å²) in [5.74, 6) is 0.699. The van der Waals surface area contributed by atoms with Crippen molar-refractivity contribution in [2.75, 3.05) is 6.54 Å². The molecule has 0 radical (unpaired) electrons. The number of hydrogen-bond acceptors (Lipinski definition) is 2. The van der Waals surface area contributed by atoms with Crippen molar-refractivity contribution in [2.24, 2.45) is 5.92 Å². The van der Waals surface area contributed by atoms with Crippen LogP contribution in [0.3, 0.4) is 0 Å². The molecule has 0 aliphatic rings. The Morgan fingerprint density at radius 2 is 2.00 bits per heavy atom. The Morgan fingerprint density at radius 3 is 2.62 bits per heavy atom. The van der Waals surface area contributed by atoms with E-state index in [4.69, 9.17) is 0 Å². The molecular formula is C19H27NS. The lowest BCUT2D eigenvalue weighted by Gasteiger charge is -2.20. The van der Waals surface area contributed by atoms with Gasteiger partial charge in [0.1, 0.15) is 0 Å². The predicted molar refractivity (Wildman–Crippen MR) is 94.2 cm³/mol. The van der Waals surface area contributed by atoms with E-state index in [0.717, 1.165) is 19.4 Å². The van der Waals surface area contributed by atoms with E-state index >= 15 is 0 Å². The Morgan fingerprint density at radius 1 is 1.19 bits per heavy atom. The van der Waals surface area contributed by atoms with E-state index in [1.165, 1.54) is 22.3 Å². The highest BCUT2D eigenvalue weighted by atomic mass is 32.1. The molecular weight excluding hydrogens is 274 g/mol. The van der Waals surface area contributed by atoms with Crippen LogP contribution in [0, 0.1) is 12.8 Å². The van der Waals surface area contributed by atoms with E-state index in [-0.39, 0.29) is 0 Å². The van der Waals surface area contributed by atoms with Crippen molar-refractivity contribution < 1.29 is 0 Å². The summed E-state index contributed by atoms with van der Waals surface area (Å²) < 4.78 is 0. The Kier molecular flexibility index (Phi) is 6.01. The average Bonchev–Trinajstić information content (AvgIpc) is 2.85. The highest BCUT2D eigenvalue weighted by Gasteiger charge is 2.16. The second-order valence-corrected chi connectivity index (χ2v) is 6.98. The fraction of sp³-hybridized carbons (Fsp3) is 0.474. The van der Waals surface area contributed by atoms with Crippen LogP contribution in [-0.2, 0) is 6.42 Å². The fourth-order valence-corrected chi connectivity index (χ4v) is 3.61. The zero-order valence-corrected chi connectivity index (χ0v) is 14.5. The first-order valence-electron chi connectivity index (χ1n) is 7.96. The summed E-state index contributed by atoms with van der Waals surface area (Å²) in [6.45, 7) is 10.0. The standard InChI is InChI=1S/C19H27NS/c1-5-9-20-19(18-13-21-12-15(18)4)17-8-6-7-16(11-17)10-14(2)3/h6-8,11-14,19-20H,5,9-10H2,1-4H3. The lowest BCUT2D eigenvalue weighted by Crippen LogP contribution is -2.23. The van der Waals surface area contributed by atoms with Crippen LogP contribution in [0.2, 0.25) is 0 Å². The fourth-order valence-electron chi connectivity index (χ4n) is 2.73. The summed E-state index contributed by atoms with van der Waals surface area (Å²) in [6.07, 6.45) is 2.31. The van der Waals surface area contributed by atoms with Crippen molar-refractivity contribution in [1.29, 1.82) is 0 Å². The van der Waals surface area contributed by atoms with E-state index in [0.29, 0.717) is 12.0 Å². The minimum atomic E-state index is 0.323. The van der Waals surface area contributed by atoms with Crippen LogP contribution in [0.25, 0.3) is 0 Å². The van der Waals surface area contributed by atoms with E-state index < -0.39 is 0 Å². The Labute approximate surface area is 133 Å². The zero-order valence-electron chi connectivity index (χ0n) is 13.6. The maximum absolute atomic E-state index is 3.72. The van der Waals surface area contributed by atoms with Gasteiger partial charge in [-0.15, -0.1) is 0 Å². The Bertz CT molecular complexity index is 556. The molecule has 2 aromatic rings. The van der Waals surface area contributed by atoms with E-state index in [9.17, 15) is 0 Å². The van der Waals surface area contributed by atoms with Gasteiger partial charge in [-0.05, 0) is 65.2 Å². The quantitative estimate of drug-likeness (QED) is 0.727.